The van der Waals surface area contributed by atoms with E-state index in [0.717, 1.165) is 29.3 Å². The number of nitrogens with one attached hydrogen (secondary N) is 2. The minimum atomic E-state index is -0.781. The first-order valence-electron chi connectivity index (χ1n) is 10.6. The van der Waals surface area contributed by atoms with Crippen molar-refractivity contribution in [3.8, 4) is 5.75 Å². The minimum Gasteiger partial charge on any atom is -0.481 e. The number of nitrogens with zero attached hydrogens (tertiary/aromatic N) is 2. The van der Waals surface area contributed by atoms with Crippen molar-refractivity contribution in [1.82, 2.24) is 20.6 Å². The van der Waals surface area contributed by atoms with Gasteiger partial charge in [0.15, 0.2) is 6.10 Å². The Labute approximate surface area is 181 Å². The smallest absolute Gasteiger partial charge is 0.287 e. The van der Waals surface area contributed by atoms with Gasteiger partial charge in [0.25, 0.3) is 11.8 Å². The summed E-state index contributed by atoms with van der Waals surface area (Å²) in [5.74, 6) is 0.180. The van der Waals surface area contributed by atoms with Crippen LogP contribution in [-0.2, 0) is 10.3 Å². The summed E-state index contributed by atoms with van der Waals surface area (Å²) in [6, 6.07) is 15.4. The Morgan fingerprint density at radius 2 is 1.77 bits per heavy atom. The van der Waals surface area contributed by atoms with Gasteiger partial charge in [-0.3, -0.25) is 25.1 Å². The van der Waals surface area contributed by atoms with E-state index in [1.807, 2.05) is 69.3 Å². The van der Waals surface area contributed by atoms with Crippen molar-refractivity contribution in [2.75, 3.05) is 0 Å². The predicted molar refractivity (Wildman–Crippen MR) is 119 cm³/mol. The van der Waals surface area contributed by atoms with Gasteiger partial charge in [-0.25, -0.2) is 0 Å². The Morgan fingerprint density at radius 3 is 2.45 bits per heavy atom. The average molecular weight is 421 g/mol. The molecule has 1 unspecified atom stereocenters. The molecule has 31 heavy (non-hydrogen) atoms. The van der Waals surface area contributed by atoms with Gasteiger partial charge in [-0.15, -0.1) is 0 Å². The molecule has 1 aromatic heterocycles. The largest absolute Gasteiger partial charge is 0.481 e. The van der Waals surface area contributed by atoms with Gasteiger partial charge in [0.2, 0.25) is 0 Å². The number of fused-ring (bicyclic) bond motifs is 1. The van der Waals surface area contributed by atoms with E-state index >= 15 is 0 Å². The molecule has 1 aliphatic rings. The third-order valence-corrected chi connectivity index (χ3v) is 5.29. The van der Waals surface area contributed by atoms with Gasteiger partial charge in [-0.2, -0.15) is 5.10 Å². The van der Waals surface area contributed by atoms with Crippen molar-refractivity contribution in [3.63, 3.8) is 0 Å². The second kappa shape index (κ2) is 8.06. The van der Waals surface area contributed by atoms with E-state index in [1.165, 1.54) is 0 Å². The topological polar surface area (TPSA) is 85.2 Å². The van der Waals surface area contributed by atoms with Gasteiger partial charge in [-0.1, -0.05) is 30.3 Å². The molecule has 1 saturated carbocycles. The summed E-state index contributed by atoms with van der Waals surface area (Å²) in [6.07, 6.45) is 1.42. The van der Waals surface area contributed by atoms with Crippen LogP contribution in [0.15, 0.2) is 48.5 Å². The highest BCUT2D eigenvalue weighted by Crippen LogP contribution is 2.40. The summed E-state index contributed by atoms with van der Waals surface area (Å²) in [5.41, 5.74) is 5.97. The highest BCUT2D eigenvalue weighted by atomic mass is 16.5. The van der Waals surface area contributed by atoms with Crippen LogP contribution in [0.4, 0.5) is 0 Å². The first kappa shape index (κ1) is 20.9. The molecule has 1 atom stereocenters. The third-order valence-electron chi connectivity index (χ3n) is 5.29. The zero-order valence-electron chi connectivity index (χ0n) is 18.3. The lowest BCUT2D eigenvalue weighted by Crippen LogP contribution is -2.48. The molecule has 2 N–H and O–H groups in total. The van der Waals surface area contributed by atoms with Crippen LogP contribution in [-0.4, -0.2) is 27.7 Å². The van der Waals surface area contributed by atoms with Crippen molar-refractivity contribution >= 4 is 22.6 Å². The van der Waals surface area contributed by atoms with Crippen molar-refractivity contribution in [2.45, 2.75) is 58.1 Å². The summed E-state index contributed by atoms with van der Waals surface area (Å²) >= 11 is 0. The molecule has 4 rings (SSSR count). The Bertz CT molecular complexity index is 1130. The quantitative estimate of drug-likeness (QED) is 0.613. The van der Waals surface area contributed by atoms with Gasteiger partial charge in [0, 0.05) is 5.92 Å². The van der Waals surface area contributed by atoms with Crippen molar-refractivity contribution in [1.29, 1.82) is 0 Å². The molecule has 2 amide bonds. The third kappa shape index (κ3) is 4.71. The summed E-state index contributed by atoms with van der Waals surface area (Å²) in [6.45, 7) is 7.61. The van der Waals surface area contributed by atoms with Gasteiger partial charge >= 0.3 is 0 Å². The molecule has 0 radical (unpaired) electrons. The second-order valence-corrected chi connectivity index (χ2v) is 9.02. The lowest BCUT2D eigenvalue weighted by molar-refractivity contribution is -0.128. The van der Waals surface area contributed by atoms with Crippen molar-refractivity contribution in [2.24, 2.45) is 0 Å². The maximum atomic E-state index is 12.8. The van der Waals surface area contributed by atoms with Crippen LogP contribution in [0, 0.1) is 0 Å². The first-order chi connectivity index (χ1) is 14.7. The maximum Gasteiger partial charge on any atom is 0.287 e. The molecule has 0 spiro atoms. The molecular formula is C24H28N4O3. The van der Waals surface area contributed by atoms with E-state index in [2.05, 4.69) is 16.0 Å². The fourth-order valence-corrected chi connectivity index (χ4v) is 3.43. The monoisotopic (exact) mass is 420 g/mol. The van der Waals surface area contributed by atoms with Crippen molar-refractivity contribution in [3.05, 3.63) is 59.9 Å². The normalized spacial score (nSPS) is 14.8. The standard InChI is InChI=1S/C24H28N4O3/c1-15(31-19-12-11-16-7-5-6-8-18(16)13-19)22(29)25-26-23(30)21-14-20(17-9-10-17)27-28(21)24(2,3)4/h5-8,11-15,17H,9-10H2,1-4H3,(H,25,29)(H,26,30). The molecule has 2 aromatic carbocycles. The number of hydrogen-bond acceptors (Lipinski definition) is 4. The van der Waals surface area contributed by atoms with Crippen molar-refractivity contribution < 1.29 is 14.3 Å². The number of carbonyl (C=O) groups is 2. The molecule has 3 aromatic rings. The van der Waals surface area contributed by atoms with Crippen LogP contribution >= 0.6 is 0 Å². The Balaban J connectivity index is 1.39. The van der Waals surface area contributed by atoms with Crippen LogP contribution < -0.4 is 15.6 Å². The Kier molecular flexibility index (Phi) is 5.43. The zero-order valence-corrected chi connectivity index (χ0v) is 18.3. The molecule has 0 bridgehead atoms. The average Bonchev–Trinajstić information content (AvgIpc) is 3.48. The molecule has 162 valence electrons. The maximum absolute atomic E-state index is 12.8. The lowest BCUT2D eigenvalue weighted by Gasteiger charge is -2.22. The van der Waals surface area contributed by atoms with E-state index in [9.17, 15) is 9.59 Å². The van der Waals surface area contributed by atoms with Crippen LogP contribution in [0.2, 0.25) is 0 Å². The fraction of sp³-hybridized carbons (Fsp3) is 0.375. The van der Waals surface area contributed by atoms with Gasteiger partial charge < -0.3 is 4.74 Å². The van der Waals surface area contributed by atoms with E-state index < -0.39 is 17.9 Å². The number of hydrogen-bond donors (Lipinski definition) is 2. The van der Waals surface area contributed by atoms with E-state index in [4.69, 9.17) is 4.74 Å². The minimum absolute atomic E-state index is 0.351. The fourth-order valence-electron chi connectivity index (χ4n) is 3.43. The van der Waals surface area contributed by atoms with Gasteiger partial charge in [0.1, 0.15) is 11.4 Å². The molecule has 1 aliphatic carbocycles. The summed E-state index contributed by atoms with van der Waals surface area (Å²) in [4.78, 5) is 25.3. The Morgan fingerprint density at radius 1 is 1.06 bits per heavy atom. The van der Waals surface area contributed by atoms with E-state index in [0.29, 0.717) is 17.4 Å². The molecule has 0 saturated heterocycles. The SMILES string of the molecule is CC(Oc1ccc2ccccc2c1)C(=O)NNC(=O)c1cc(C2CC2)nn1C(C)(C)C. The highest BCUT2D eigenvalue weighted by molar-refractivity contribution is 5.94. The van der Waals surface area contributed by atoms with Crippen LogP contribution in [0.5, 0.6) is 5.75 Å². The molecule has 7 nitrogen and oxygen atoms in total. The number of amides is 2. The predicted octanol–water partition coefficient (Wildman–Crippen LogP) is 3.90. The number of aromatic nitrogens is 2. The summed E-state index contributed by atoms with van der Waals surface area (Å²) < 4.78 is 7.48. The van der Waals surface area contributed by atoms with Crippen LogP contribution in [0.3, 0.4) is 0 Å². The number of carbonyl (C=O) groups excluding carboxylic acids is 2. The number of ether oxygens (including phenoxy) is 1. The van der Waals surface area contributed by atoms with E-state index in [1.54, 1.807) is 11.6 Å². The second-order valence-electron chi connectivity index (χ2n) is 9.02. The highest BCUT2D eigenvalue weighted by Gasteiger charge is 2.31. The molecule has 0 aliphatic heterocycles. The van der Waals surface area contributed by atoms with Gasteiger partial charge in [-0.05, 0) is 69.5 Å². The Hall–Kier alpha value is -3.35. The first-order valence-corrected chi connectivity index (χ1v) is 10.6. The number of hydrazine groups is 1. The summed E-state index contributed by atoms with van der Waals surface area (Å²) in [5, 5.41) is 6.75. The number of benzene rings is 2. The molecule has 7 heteroatoms. The lowest BCUT2D eigenvalue weighted by atomic mass is 10.1. The van der Waals surface area contributed by atoms with Gasteiger partial charge in [0.05, 0.1) is 11.2 Å². The number of rotatable bonds is 5. The van der Waals surface area contributed by atoms with Crippen LogP contribution in [0.1, 0.15) is 62.6 Å². The zero-order chi connectivity index (χ0) is 22.2. The molecule has 1 heterocycles. The molecule has 1 fully saturated rings. The molecular weight excluding hydrogens is 392 g/mol. The van der Waals surface area contributed by atoms with E-state index in [-0.39, 0.29) is 5.54 Å². The summed E-state index contributed by atoms with van der Waals surface area (Å²) in [7, 11) is 0. The van der Waals surface area contributed by atoms with Crippen LogP contribution in [0.25, 0.3) is 10.8 Å².